The third kappa shape index (κ3) is 5.67. The van der Waals surface area contributed by atoms with Gasteiger partial charge in [-0.1, -0.05) is 36.1 Å². The van der Waals surface area contributed by atoms with E-state index in [1.807, 2.05) is 18.2 Å². The first kappa shape index (κ1) is 27.6. The summed E-state index contributed by atoms with van der Waals surface area (Å²) >= 11 is 6.59. The number of hydrogen-bond donors (Lipinski definition) is 1. The van der Waals surface area contributed by atoms with Crippen molar-refractivity contribution in [3.63, 3.8) is 0 Å². The lowest BCUT2D eigenvalue weighted by Gasteiger charge is -2.18. The Morgan fingerprint density at radius 1 is 1.34 bits per heavy atom. The van der Waals surface area contributed by atoms with Crippen LogP contribution in [0.25, 0.3) is 6.08 Å². The van der Waals surface area contributed by atoms with Gasteiger partial charge in [0, 0.05) is 19.6 Å². The Hall–Kier alpha value is -3.46. The number of Topliss-reactive ketones (excluding diaryl/α,β-unsaturated/α-hetero) is 1. The van der Waals surface area contributed by atoms with E-state index >= 15 is 0 Å². The van der Waals surface area contributed by atoms with Crippen LogP contribution in [0.15, 0.2) is 34.0 Å². The summed E-state index contributed by atoms with van der Waals surface area (Å²) in [5.41, 5.74) is 0.111. The number of carbonyl (C=O) groups excluding carboxylic acids is 2. The number of benzene rings is 1. The van der Waals surface area contributed by atoms with Crippen LogP contribution in [-0.2, 0) is 16.1 Å². The van der Waals surface area contributed by atoms with Crippen molar-refractivity contribution < 1.29 is 24.2 Å². The highest BCUT2D eigenvalue weighted by molar-refractivity contribution is 8.26. The first-order chi connectivity index (χ1) is 18.2. The number of thioether (sulfide) groups is 1. The van der Waals surface area contributed by atoms with Crippen molar-refractivity contribution >= 4 is 46.1 Å². The molecule has 2 fully saturated rings. The topological polar surface area (TPSA) is 122 Å². The number of amides is 1. The van der Waals surface area contributed by atoms with Crippen LogP contribution in [-0.4, -0.2) is 56.9 Å². The van der Waals surface area contributed by atoms with Crippen LogP contribution in [0, 0.1) is 18.3 Å². The third-order valence-corrected chi connectivity index (χ3v) is 7.94. The molecule has 198 valence electrons. The summed E-state index contributed by atoms with van der Waals surface area (Å²) in [4.78, 5) is 40.9. The largest absolute Gasteiger partial charge is 0.497 e. The van der Waals surface area contributed by atoms with Crippen LogP contribution in [0.4, 0.5) is 0 Å². The average Bonchev–Trinajstić information content (AvgIpc) is 3.51. The van der Waals surface area contributed by atoms with E-state index in [9.17, 15) is 24.8 Å². The molecule has 1 atom stereocenters. The molecule has 2 saturated heterocycles. The van der Waals surface area contributed by atoms with Gasteiger partial charge in [-0.15, -0.1) is 0 Å². The van der Waals surface area contributed by atoms with Crippen molar-refractivity contribution in [1.29, 1.82) is 5.26 Å². The molecule has 0 bridgehead atoms. The van der Waals surface area contributed by atoms with Gasteiger partial charge in [-0.05, 0) is 55.5 Å². The molecule has 0 radical (unpaired) electrons. The fourth-order valence-corrected chi connectivity index (χ4v) is 5.82. The van der Waals surface area contributed by atoms with Gasteiger partial charge in [-0.3, -0.25) is 23.9 Å². The number of methoxy groups -OCH3 is 1. The molecule has 1 N–H and O–H groups in total. The number of nitriles is 1. The zero-order chi connectivity index (χ0) is 27.4. The molecule has 2 aliphatic heterocycles. The van der Waals surface area contributed by atoms with Gasteiger partial charge >= 0.3 is 0 Å². The minimum atomic E-state index is -0.643. The van der Waals surface area contributed by atoms with E-state index in [-0.39, 0.29) is 54.6 Å². The van der Waals surface area contributed by atoms with E-state index in [4.69, 9.17) is 21.7 Å². The minimum Gasteiger partial charge on any atom is -0.497 e. The summed E-state index contributed by atoms with van der Waals surface area (Å²) in [6.07, 6.45) is 3.33. The molecular formula is C27H27N3O6S2. The van der Waals surface area contributed by atoms with E-state index in [0.717, 1.165) is 23.0 Å². The maximum atomic E-state index is 13.2. The molecule has 4 rings (SSSR count). The monoisotopic (exact) mass is 553 g/mol. The summed E-state index contributed by atoms with van der Waals surface area (Å²) < 4.78 is 12.2. The van der Waals surface area contributed by atoms with E-state index < -0.39 is 17.2 Å². The molecule has 1 aromatic carbocycles. The lowest BCUT2D eigenvalue weighted by Crippen LogP contribution is -2.31. The number of aromatic hydroxyl groups is 1. The van der Waals surface area contributed by atoms with Crippen LogP contribution in [0.5, 0.6) is 11.6 Å². The Morgan fingerprint density at radius 2 is 2.08 bits per heavy atom. The van der Waals surface area contributed by atoms with Gasteiger partial charge in [0.2, 0.25) is 5.88 Å². The van der Waals surface area contributed by atoms with Crippen LogP contribution in [0.1, 0.15) is 52.7 Å². The summed E-state index contributed by atoms with van der Waals surface area (Å²) in [6, 6.07) is 9.16. The highest BCUT2D eigenvalue weighted by atomic mass is 32.2. The number of ketones is 1. The molecular weight excluding hydrogens is 526 g/mol. The van der Waals surface area contributed by atoms with Gasteiger partial charge in [-0.25, -0.2) is 0 Å². The quantitative estimate of drug-likeness (QED) is 0.281. The fourth-order valence-electron chi connectivity index (χ4n) is 4.51. The molecule has 0 aliphatic carbocycles. The number of ether oxygens (including phenoxy) is 2. The van der Waals surface area contributed by atoms with E-state index in [2.05, 4.69) is 0 Å². The molecule has 38 heavy (non-hydrogen) atoms. The van der Waals surface area contributed by atoms with Crippen molar-refractivity contribution in [2.75, 3.05) is 20.3 Å². The summed E-state index contributed by atoms with van der Waals surface area (Å²) in [5, 5.41) is 20.4. The van der Waals surface area contributed by atoms with Gasteiger partial charge in [0.1, 0.15) is 21.7 Å². The van der Waals surface area contributed by atoms with Crippen molar-refractivity contribution in [2.45, 2.75) is 45.3 Å². The Bertz CT molecular complexity index is 1400. The second-order valence-corrected chi connectivity index (χ2v) is 10.7. The van der Waals surface area contributed by atoms with E-state index in [1.165, 1.54) is 23.6 Å². The van der Waals surface area contributed by atoms with Gasteiger partial charge < -0.3 is 14.6 Å². The number of thiocarbonyl (C=S) groups is 1. The second kappa shape index (κ2) is 11.9. The Balaban J connectivity index is 1.46. The predicted molar refractivity (Wildman–Crippen MR) is 147 cm³/mol. The SMILES string of the molecule is COc1ccc(/C=C2\SC(=S)N(CCCC(=O)c3c(C)c(C#N)c(=O)n(CC4CCCO4)c3O)C2=O)cc1. The summed E-state index contributed by atoms with van der Waals surface area (Å²) in [5.74, 6) is -0.402. The fraction of sp³-hybridized carbons (Fsp3) is 0.370. The summed E-state index contributed by atoms with van der Waals surface area (Å²) in [6.45, 7) is 2.33. The van der Waals surface area contributed by atoms with Crippen molar-refractivity contribution in [1.82, 2.24) is 9.47 Å². The number of carbonyl (C=O) groups is 2. The molecule has 0 spiro atoms. The van der Waals surface area contributed by atoms with Gasteiger partial charge in [-0.2, -0.15) is 5.26 Å². The number of nitrogens with zero attached hydrogens (tertiary/aromatic N) is 3. The molecule has 11 heteroatoms. The van der Waals surface area contributed by atoms with Gasteiger partial charge in [0.05, 0.1) is 30.2 Å². The third-order valence-electron chi connectivity index (χ3n) is 6.56. The predicted octanol–water partition coefficient (Wildman–Crippen LogP) is 3.79. The lowest BCUT2D eigenvalue weighted by atomic mass is 9.99. The molecule has 1 unspecified atom stereocenters. The molecule has 1 aromatic heterocycles. The van der Waals surface area contributed by atoms with E-state index in [1.54, 1.807) is 25.3 Å². The molecule has 3 heterocycles. The van der Waals surface area contributed by atoms with Gasteiger partial charge in [0.25, 0.3) is 11.5 Å². The maximum Gasteiger partial charge on any atom is 0.271 e. The molecule has 1 amide bonds. The van der Waals surface area contributed by atoms with Crippen LogP contribution in [0.2, 0.25) is 0 Å². The normalized spacial score (nSPS) is 18.3. The highest BCUT2D eigenvalue weighted by Gasteiger charge is 2.32. The number of rotatable bonds is 9. The summed E-state index contributed by atoms with van der Waals surface area (Å²) in [7, 11) is 1.58. The average molecular weight is 554 g/mol. The zero-order valence-electron chi connectivity index (χ0n) is 21.1. The van der Waals surface area contributed by atoms with Crippen molar-refractivity contribution in [3.8, 4) is 17.7 Å². The first-order valence-electron chi connectivity index (χ1n) is 12.2. The zero-order valence-corrected chi connectivity index (χ0v) is 22.7. The maximum absolute atomic E-state index is 13.2. The lowest BCUT2D eigenvalue weighted by molar-refractivity contribution is -0.122. The van der Waals surface area contributed by atoms with Crippen LogP contribution in [0.3, 0.4) is 0 Å². The van der Waals surface area contributed by atoms with Crippen molar-refractivity contribution in [3.05, 3.63) is 61.8 Å². The first-order valence-corrected chi connectivity index (χ1v) is 13.4. The Morgan fingerprint density at radius 3 is 2.71 bits per heavy atom. The van der Waals surface area contributed by atoms with Crippen LogP contribution >= 0.6 is 24.0 Å². The Labute approximate surface area is 229 Å². The minimum absolute atomic E-state index is 0.00795. The van der Waals surface area contributed by atoms with Gasteiger partial charge in [0.15, 0.2) is 5.78 Å². The highest BCUT2D eigenvalue weighted by Crippen LogP contribution is 2.33. The molecule has 2 aliphatic rings. The van der Waals surface area contributed by atoms with Crippen LogP contribution < -0.4 is 10.3 Å². The molecule has 0 saturated carbocycles. The number of aromatic nitrogens is 1. The van der Waals surface area contributed by atoms with E-state index in [0.29, 0.717) is 21.6 Å². The molecule has 2 aromatic rings. The number of hydrogen-bond acceptors (Lipinski definition) is 9. The second-order valence-electron chi connectivity index (χ2n) is 8.99. The number of pyridine rings is 1. The molecule has 9 nitrogen and oxygen atoms in total. The van der Waals surface area contributed by atoms with Crippen molar-refractivity contribution in [2.24, 2.45) is 0 Å². The standard InChI is InChI=1S/C27H27N3O6S2/c1-16-20(14-28)24(32)30(15-19-5-4-12-36-19)26(34)23(16)21(31)6-3-11-29-25(33)22(38-27(29)37)13-17-7-9-18(35-2)10-8-17/h7-10,13,19,34H,3-6,11-12,15H2,1-2H3/b22-13-. The smallest absolute Gasteiger partial charge is 0.271 e. The Kier molecular flexibility index (Phi) is 8.66.